The molecule has 1 aromatic carbocycles. The van der Waals surface area contributed by atoms with Crippen molar-refractivity contribution < 1.29 is 14.3 Å². The summed E-state index contributed by atoms with van der Waals surface area (Å²) in [7, 11) is 1.62. The van der Waals surface area contributed by atoms with Crippen molar-refractivity contribution in [3.8, 4) is 5.75 Å². The van der Waals surface area contributed by atoms with E-state index in [-0.39, 0.29) is 24.3 Å². The van der Waals surface area contributed by atoms with Gasteiger partial charge in [0, 0.05) is 23.9 Å². The van der Waals surface area contributed by atoms with E-state index in [9.17, 15) is 9.59 Å². The maximum atomic E-state index is 12.0. The van der Waals surface area contributed by atoms with Crippen LogP contribution in [0.15, 0.2) is 18.2 Å². The van der Waals surface area contributed by atoms with Gasteiger partial charge in [-0.1, -0.05) is 38.5 Å². The second kappa shape index (κ2) is 7.99. The molecular weight excluding hydrogens is 292 g/mol. The van der Waals surface area contributed by atoms with E-state index in [1.807, 2.05) is 52.8 Å². The van der Waals surface area contributed by atoms with Crippen LogP contribution in [0.1, 0.15) is 51.3 Å². The molecule has 0 aromatic heterocycles. The van der Waals surface area contributed by atoms with Gasteiger partial charge in [-0.25, -0.2) is 0 Å². The van der Waals surface area contributed by atoms with Crippen molar-refractivity contribution in [2.75, 3.05) is 13.7 Å². The van der Waals surface area contributed by atoms with E-state index in [0.717, 1.165) is 16.9 Å². The van der Waals surface area contributed by atoms with Crippen molar-refractivity contribution in [1.29, 1.82) is 0 Å². The Bertz CT molecular complexity index is 562. The molecule has 1 aromatic rings. The molecule has 23 heavy (non-hydrogen) atoms. The Morgan fingerprint density at radius 2 is 1.91 bits per heavy atom. The van der Waals surface area contributed by atoms with Gasteiger partial charge in [0.1, 0.15) is 5.75 Å². The molecule has 0 heterocycles. The molecule has 0 aliphatic rings. The monoisotopic (exact) mass is 320 g/mol. The summed E-state index contributed by atoms with van der Waals surface area (Å²) in [6.45, 7) is 9.78. The summed E-state index contributed by atoms with van der Waals surface area (Å²) < 4.78 is 5.34. The summed E-state index contributed by atoms with van der Waals surface area (Å²) in [5, 5.41) is 5.71. The predicted molar refractivity (Wildman–Crippen MR) is 91.4 cm³/mol. The molecule has 5 heteroatoms. The van der Waals surface area contributed by atoms with Crippen LogP contribution >= 0.6 is 0 Å². The third-order valence-electron chi connectivity index (χ3n) is 3.55. The van der Waals surface area contributed by atoms with Crippen LogP contribution in [0, 0.1) is 12.3 Å². The topological polar surface area (TPSA) is 67.4 Å². The Morgan fingerprint density at radius 3 is 2.48 bits per heavy atom. The molecular formula is C18H28N2O3. The molecule has 0 saturated heterocycles. The lowest BCUT2D eigenvalue weighted by Gasteiger charge is -2.19. The summed E-state index contributed by atoms with van der Waals surface area (Å²) in [4.78, 5) is 23.8. The number of amides is 2. The molecule has 0 radical (unpaired) electrons. The van der Waals surface area contributed by atoms with Gasteiger partial charge in [0.15, 0.2) is 0 Å². The Hall–Kier alpha value is -2.04. The van der Waals surface area contributed by atoms with Crippen LogP contribution in [0.4, 0.5) is 0 Å². The zero-order chi connectivity index (χ0) is 17.6. The first-order chi connectivity index (χ1) is 10.6. The maximum Gasteiger partial charge on any atom is 0.225 e. The summed E-state index contributed by atoms with van der Waals surface area (Å²) in [5.74, 6) is 0.596. The van der Waals surface area contributed by atoms with Gasteiger partial charge in [-0.05, 0) is 19.9 Å². The van der Waals surface area contributed by atoms with Crippen LogP contribution in [0.5, 0.6) is 5.75 Å². The Balaban J connectivity index is 2.54. The van der Waals surface area contributed by atoms with Gasteiger partial charge in [0.2, 0.25) is 11.8 Å². The highest BCUT2D eigenvalue weighted by Crippen LogP contribution is 2.26. The van der Waals surface area contributed by atoms with Gasteiger partial charge in [0.25, 0.3) is 0 Å². The predicted octanol–water partition coefficient (Wildman–Crippen LogP) is 2.73. The number of hydrogen-bond donors (Lipinski definition) is 2. The minimum absolute atomic E-state index is 0.0568. The molecule has 0 fully saturated rings. The molecule has 1 atom stereocenters. The SMILES string of the molecule is COc1ccc(C)cc1C(C)NC(=O)CCNC(=O)C(C)(C)C. The van der Waals surface area contributed by atoms with Crippen LogP contribution in [-0.4, -0.2) is 25.5 Å². The standard InChI is InChI=1S/C18H28N2O3/c1-12-7-8-15(23-6)14(11-12)13(2)20-16(21)9-10-19-17(22)18(3,4)5/h7-8,11,13H,9-10H2,1-6H3,(H,19,22)(H,20,21). The largest absolute Gasteiger partial charge is 0.496 e. The number of aryl methyl sites for hydroxylation is 1. The minimum atomic E-state index is -0.446. The lowest BCUT2D eigenvalue weighted by molar-refractivity contribution is -0.128. The van der Waals surface area contributed by atoms with Gasteiger partial charge >= 0.3 is 0 Å². The molecule has 0 aliphatic heterocycles. The molecule has 0 aliphatic carbocycles. The maximum absolute atomic E-state index is 12.0. The fourth-order valence-corrected chi connectivity index (χ4v) is 2.14. The lowest BCUT2D eigenvalue weighted by Crippen LogP contribution is -2.37. The van der Waals surface area contributed by atoms with Crippen molar-refractivity contribution in [3.63, 3.8) is 0 Å². The molecule has 1 unspecified atom stereocenters. The molecule has 2 amide bonds. The van der Waals surface area contributed by atoms with E-state index in [0.29, 0.717) is 6.54 Å². The molecule has 5 nitrogen and oxygen atoms in total. The Kier molecular flexibility index (Phi) is 6.61. The van der Waals surface area contributed by atoms with Crippen molar-refractivity contribution >= 4 is 11.8 Å². The van der Waals surface area contributed by atoms with Crippen molar-refractivity contribution in [2.24, 2.45) is 5.41 Å². The highest BCUT2D eigenvalue weighted by atomic mass is 16.5. The van der Waals surface area contributed by atoms with Gasteiger partial charge in [-0.2, -0.15) is 0 Å². The number of benzene rings is 1. The second-order valence-corrected chi connectivity index (χ2v) is 6.79. The fourth-order valence-electron chi connectivity index (χ4n) is 2.14. The van der Waals surface area contributed by atoms with E-state index in [4.69, 9.17) is 4.74 Å². The van der Waals surface area contributed by atoms with E-state index in [2.05, 4.69) is 10.6 Å². The van der Waals surface area contributed by atoms with Gasteiger partial charge in [-0.15, -0.1) is 0 Å². The summed E-state index contributed by atoms with van der Waals surface area (Å²) in [5.41, 5.74) is 1.61. The van der Waals surface area contributed by atoms with E-state index >= 15 is 0 Å². The number of carbonyl (C=O) groups is 2. The number of methoxy groups -OCH3 is 1. The van der Waals surface area contributed by atoms with Gasteiger partial charge in [0.05, 0.1) is 13.2 Å². The number of carbonyl (C=O) groups excluding carboxylic acids is 2. The number of nitrogens with one attached hydrogen (secondary N) is 2. The first-order valence-electron chi connectivity index (χ1n) is 7.87. The number of ether oxygens (including phenoxy) is 1. The molecule has 128 valence electrons. The van der Waals surface area contributed by atoms with Gasteiger partial charge in [-0.3, -0.25) is 9.59 Å². The highest BCUT2D eigenvalue weighted by molar-refractivity contribution is 5.82. The minimum Gasteiger partial charge on any atom is -0.496 e. The summed E-state index contributed by atoms with van der Waals surface area (Å²) in [6.07, 6.45) is 0.250. The molecule has 0 bridgehead atoms. The molecule has 2 N–H and O–H groups in total. The smallest absolute Gasteiger partial charge is 0.225 e. The average Bonchev–Trinajstić information content (AvgIpc) is 2.45. The fraction of sp³-hybridized carbons (Fsp3) is 0.556. The third-order valence-corrected chi connectivity index (χ3v) is 3.55. The lowest BCUT2D eigenvalue weighted by atomic mass is 9.96. The normalized spacial score (nSPS) is 12.4. The molecule has 0 spiro atoms. The van der Waals surface area contributed by atoms with E-state index < -0.39 is 5.41 Å². The first kappa shape index (κ1) is 19.0. The average molecular weight is 320 g/mol. The van der Waals surface area contributed by atoms with Crippen LogP contribution < -0.4 is 15.4 Å². The Labute approximate surface area is 138 Å². The van der Waals surface area contributed by atoms with E-state index in [1.54, 1.807) is 7.11 Å². The van der Waals surface area contributed by atoms with Crippen molar-refractivity contribution in [3.05, 3.63) is 29.3 Å². The Morgan fingerprint density at radius 1 is 1.26 bits per heavy atom. The zero-order valence-corrected chi connectivity index (χ0v) is 14.9. The van der Waals surface area contributed by atoms with Crippen molar-refractivity contribution in [1.82, 2.24) is 10.6 Å². The molecule has 1 rings (SSSR count). The van der Waals surface area contributed by atoms with E-state index in [1.165, 1.54) is 0 Å². The third kappa shape index (κ3) is 5.93. The van der Waals surface area contributed by atoms with Gasteiger partial charge < -0.3 is 15.4 Å². The van der Waals surface area contributed by atoms with Crippen LogP contribution in [0.2, 0.25) is 0 Å². The summed E-state index contributed by atoms with van der Waals surface area (Å²) >= 11 is 0. The highest BCUT2D eigenvalue weighted by Gasteiger charge is 2.21. The van der Waals surface area contributed by atoms with Crippen LogP contribution in [0.25, 0.3) is 0 Å². The second-order valence-electron chi connectivity index (χ2n) is 6.79. The quantitative estimate of drug-likeness (QED) is 0.847. The zero-order valence-electron chi connectivity index (χ0n) is 14.9. The summed E-state index contributed by atoms with van der Waals surface area (Å²) in [6, 6.07) is 5.72. The number of hydrogen-bond acceptors (Lipinski definition) is 3. The van der Waals surface area contributed by atoms with Crippen LogP contribution in [0.3, 0.4) is 0 Å². The van der Waals surface area contributed by atoms with Crippen LogP contribution in [-0.2, 0) is 9.59 Å². The number of rotatable bonds is 6. The molecule has 0 saturated carbocycles. The van der Waals surface area contributed by atoms with Crippen molar-refractivity contribution in [2.45, 2.75) is 47.1 Å². The first-order valence-corrected chi connectivity index (χ1v) is 7.87.